The number of halogens is 2. The van der Waals surface area contributed by atoms with Gasteiger partial charge in [0.15, 0.2) is 11.5 Å². The Labute approximate surface area is 164 Å². The molecular weight excluding hydrogens is 373 g/mol. The van der Waals surface area contributed by atoms with Gasteiger partial charge in [0.05, 0.1) is 13.2 Å². The van der Waals surface area contributed by atoms with Crippen LogP contribution in [0.3, 0.4) is 0 Å². The van der Waals surface area contributed by atoms with Crippen molar-refractivity contribution in [2.45, 2.75) is 39.3 Å². The summed E-state index contributed by atoms with van der Waals surface area (Å²) in [6.07, 6.45) is 0.980. The van der Waals surface area contributed by atoms with E-state index < -0.39 is 0 Å². The summed E-state index contributed by atoms with van der Waals surface area (Å²) in [7, 11) is 1.60. The smallest absolute Gasteiger partial charge is 0.220 e. The highest BCUT2D eigenvalue weighted by Gasteiger charge is 2.09. The molecule has 2 aromatic rings. The topological polar surface area (TPSA) is 47.6 Å². The fourth-order valence-corrected chi connectivity index (χ4v) is 2.94. The van der Waals surface area contributed by atoms with Crippen molar-refractivity contribution in [2.24, 2.45) is 0 Å². The lowest BCUT2D eigenvalue weighted by molar-refractivity contribution is -0.121. The normalized spacial score (nSPS) is 10.7. The molecule has 2 rings (SSSR count). The summed E-state index contributed by atoms with van der Waals surface area (Å²) in [5, 5.41) is 4.07. The van der Waals surface area contributed by atoms with Crippen molar-refractivity contribution in [2.75, 3.05) is 7.11 Å². The van der Waals surface area contributed by atoms with Crippen molar-refractivity contribution < 1.29 is 14.3 Å². The fraction of sp³-hybridized carbons (Fsp3) is 0.350. The summed E-state index contributed by atoms with van der Waals surface area (Å²) in [6.45, 7) is 4.34. The Hall–Kier alpha value is -1.91. The zero-order chi connectivity index (χ0) is 19.1. The van der Waals surface area contributed by atoms with Gasteiger partial charge in [-0.05, 0) is 55.7 Å². The van der Waals surface area contributed by atoms with E-state index in [-0.39, 0.29) is 12.0 Å². The molecule has 0 aliphatic carbocycles. The van der Waals surface area contributed by atoms with Crippen LogP contribution in [0, 0.1) is 0 Å². The van der Waals surface area contributed by atoms with Crippen LogP contribution in [0.15, 0.2) is 36.4 Å². The van der Waals surface area contributed by atoms with E-state index in [1.165, 1.54) is 0 Å². The molecule has 0 heterocycles. The van der Waals surface area contributed by atoms with Gasteiger partial charge in [-0.15, -0.1) is 0 Å². The fourth-order valence-electron chi connectivity index (χ4n) is 2.43. The minimum atomic E-state index is -0.0440. The van der Waals surface area contributed by atoms with Crippen LogP contribution in [0.25, 0.3) is 0 Å². The van der Waals surface area contributed by atoms with Crippen LogP contribution in [-0.4, -0.2) is 19.1 Å². The lowest BCUT2D eigenvalue weighted by Crippen LogP contribution is -2.23. The van der Waals surface area contributed by atoms with Gasteiger partial charge < -0.3 is 14.8 Å². The van der Waals surface area contributed by atoms with Crippen LogP contribution in [0.5, 0.6) is 11.5 Å². The number of hydrogen-bond donors (Lipinski definition) is 1. The minimum Gasteiger partial charge on any atom is -0.493 e. The Morgan fingerprint density at radius 1 is 1.12 bits per heavy atom. The molecule has 4 nitrogen and oxygen atoms in total. The molecule has 1 amide bonds. The number of benzene rings is 2. The average Bonchev–Trinajstić information content (AvgIpc) is 2.59. The maximum atomic E-state index is 12.1. The molecule has 2 aromatic carbocycles. The Balaban J connectivity index is 1.88. The molecule has 0 fully saturated rings. The summed E-state index contributed by atoms with van der Waals surface area (Å²) < 4.78 is 11.0. The maximum Gasteiger partial charge on any atom is 0.220 e. The lowest BCUT2D eigenvalue weighted by Gasteiger charge is -2.14. The molecule has 0 aliphatic rings. The monoisotopic (exact) mass is 395 g/mol. The first-order valence-electron chi connectivity index (χ1n) is 8.43. The number of methoxy groups -OCH3 is 1. The van der Waals surface area contributed by atoms with E-state index in [9.17, 15) is 4.79 Å². The zero-order valence-corrected chi connectivity index (χ0v) is 16.7. The molecule has 0 spiro atoms. The minimum absolute atomic E-state index is 0.0440. The first kappa shape index (κ1) is 20.4. The molecule has 0 saturated heterocycles. The Morgan fingerprint density at radius 2 is 1.88 bits per heavy atom. The standard InChI is InChI=1S/C20H23Cl2NO3/c1-13(2)26-18-8-4-14(10-19(18)25-3)12-23-20(24)9-6-15-5-7-16(21)11-17(15)22/h4-5,7-8,10-11,13H,6,9,12H2,1-3H3,(H,23,24). The quantitative estimate of drug-likeness (QED) is 0.680. The number of aryl methyl sites for hydroxylation is 1. The van der Waals surface area contributed by atoms with Gasteiger partial charge in [-0.1, -0.05) is 35.3 Å². The summed E-state index contributed by atoms with van der Waals surface area (Å²) in [5.41, 5.74) is 1.85. The molecule has 6 heteroatoms. The van der Waals surface area contributed by atoms with Gasteiger partial charge in [0.2, 0.25) is 5.91 Å². The largest absolute Gasteiger partial charge is 0.493 e. The molecule has 140 valence electrons. The van der Waals surface area contributed by atoms with E-state index in [2.05, 4.69) is 5.32 Å². The number of rotatable bonds is 8. The average molecular weight is 396 g/mol. The summed E-state index contributed by atoms with van der Waals surface area (Å²) in [5.74, 6) is 1.30. The number of carbonyl (C=O) groups is 1. The Morgan fingerprint density at radius 3 is 2.54 bits per heavy atom. The number of hydrogen-bond acceptors (Lipinski definition) is 3. The van der Waals surface area contributed by atoms with E-state index in [1.807, 2.05) is 38.1 Å². The molecule has 1 N–H and O–H groups in total. The molecule has 0 aliphatic heterocycles. The highest BCUT2D eigenvalue weighted by atomic mass is 35.5. The summed E-state index contributed by atoms with van der Waals surface area (Å²) >= 11 is 12.0. The molecule has 0 atom stereocenters. The van der Waals surface area contributed by atoms with Gasteiger partial charge in [0, 0.05) is 23.0 Å². The van der Waals surface area contributed by atoms with Crippen LogP contribution in [0.2, 0.25) is 10.0 Å². The molecule has 0 unspecified atom stereocenters. The second-order valence-electron chi connectivity index (χ2n) is 6.16. The number of amides is 1. The molecule has 26 heavy (non-hydrogen) atoms. The van der Waals surface area contributed by atoms with Gasteiger partial charge >= 0.3 is 0 Å². The van der Waals surface area contributed by atoms with Crippen molar-refractivity contribution >= 4 is 29.1 Å². The maximum absolute atomic E-state index is 12.1. The van der Waals surface area contributed by atoms with E-state index >= 15 is 0 Å². The molecule has 0 saturated carbocycles. The first-order valence-corrected chi connectivity index (χ1v) is 9.19. The van der Waals surface area contributed by atoms with Crippen LogP contribution in [-0.2, 0) is 17.8 Å². The molecule has 0 radical (unpaired) electrons. The van der Waals surface area contributed by atoms with Crippen LogP contribution < -0.4 is 14.8 Å². The van der Waals surface area contributed by atoms with Crippen molar-refractivity contribution in [1.82, 2.24) is 5.32 Å². The highest BCUT2D eigenvalue weighted by Crippen LogP contribution is 2.29. The Kier molecular flexibility index (Phi) is 7.61. The highest BCUT2D eigenvalue weighted by molar-refractivity contribution is 6.35. The van der Waals surface area contributed by atoms with Gasteiger partial charge in [-0.25, -0.2) is 0 Å². The predicted octanol–water partition coefficient (Wildman–Crippen LogP) is 5.04. The van der Waals surface area contributed by atoms with E-state index in [1.54, 1.807) is 19.2 Å². The third-order valence-electron chi connectivity index (χ3n) is 3.72. The van der Waals surface area contributed by atoms with E-state index in [0.29, 0.717) is 40.9 Å². The van der Waals surface area contributed by atoms with Crippen LogP contribution in [0.1, 0.15) is 31.4 Å². The Bertz CT molecular complexity index is 763. The summed E-state index contributed by atoms with van der Waals surface area (Å²) in [4.78, 5) is 12.1. The van der Waals surface area contributed by atoms with Gasteiger partial charge in [0.25, 0.3) is 0 Å². The number of nitrogens with one attached hydrogen (secondary N) is 1. The molecule has 0 bridgehead atoms. The predicted molar refractivity (Wildman–Crippen MR) is 105 cm³/mol. The molecular formula is C20H23Cl2NO3. The van der Waals surface area contributed by atoms with E-state index in [4.69, 9.17) is 32.7 Å². The zero-order valence-electron chi connectivity index (χ0n) is 15.1. The SMILES string of the molecule is COc1cc(CNC(=O)CCc2ccc(Cl)cc2Cl)ccc1OC(C)C. The second kappa shape index (κ2) is 9.70. The van der Waals surface area contributed by atoms with Gasteiger partial charge in [0.1, 0.15) is 0 Å². The second-order valence-corrected chi connectivity index (χ2v) is 7.01. The van der Waals surface area contributed by atoms with Crippen molar-refractivity contribution in [1.29, 1.82) is 0 Å². The third-order valence-corrected chi connectivity index (χ3v) is 4.30. The van der Waals surface area contributed by atoms with Crippen molar-refractivity contribution in [3.05, 3.63) is 57.6 Å². The van der Waals surface area contributed by atoms with Gasteiger partial charge in [-0.2, -0.15) is 0 Å². The van der Waals surface area contributed by atoms with Crippen molar-refractivity contribution in [3.8, 4) is 11.5 Å². The van der Waals surface area contributed by atoms with Crippen molar-refractivity contribution in [3.63, 3.8) is 0 Å². The summed E-state index contributed by atoms with van der Waals surface area (Å²) in [6, 6.07) is 10.9. The van der Waals surface area contributed by atoms with Crippen LogP contribution >= 0.6 is 23.2 Å². The third kappa shape index (κ3) is 6.11. The number of carbonyl (C=O) groups excluding carboxylic acids is 1. The number of ether oxygens (including phenoxy) is 2. The lowest BCUT2D eigenvalue weighted by atomic mass is 10.1. The molecule has 0 aromatic heterocycles. The van der Waals surface area contributed by atoms with Gasteiger partial charge in [-0.3, -0.25) is 4.79 Å². The van der Waals surface area contributed by atoms with E-state index in [0.717, 1.165) is 11.1 Å². The van der Waals surface area contributed by atoms with Crippen LogP contribution in [0.4, 0.5) is 0 Å². The first-order chi connectivity index (χ1) is 12.4.